The van der Waals surface area contributed by atoms with Crippen LogP contribution < -0.4 is 10.6 Å². The number of hydrogen-bond acceptors (Lipinski definition) is 7. The van der Waals surface area contributed by atoms with Crippen LogP contribution in [0.15, 0.2) is 60.9 Å². The van der Waals surface area contributed by atoms with E-state index in [1.165, 1.54) is 13.4 Å². The van der Waals surface area contributed by atoms with Crippen molar-refractivity contribution in [3.05, 3.63) is 72.1 Å². The maximum atomic E-state index is 11.9. The lowest BCUT2D eigenvalue weighted by molar-refractivity contribution is 0.0602. The molecule has 128 valence electrons. The highest BCUT2D eigenvalue weighted by atomic mass is 16.5. The van der Waals surface area contributed by atoms with Gasteiger partial charge < -0.3 is 15.4 Å². The quantitative estimate of drug-likeness (QED) is 0.681. The van der Waals surface area contributed by atoms with E-state index in [1.54, 1.807) is 48.5 Å². The van der Waals surface area contributed by atoms with Crippen LogP contribution in [-0.2, 0) is 4.74 Å². The number of carbonyl (C=O) groups excluding carboxylic acids is 1. The van der Waals surface area contributed by atoms with Gasteiger partial charge >= 0.3 is 5.97 Å². The van der Waals surface area contributed by atoms with E-state index in [9.17, 15) is 10.1 Å². The molecule has 0 atom stereocenters. The predicted octanol–water partition coefficient (Wildman–Crippen LogP) is 3.62. The van der Waals surface area contributed by atoms with E-state index in [2.05, 4.69) is 26.7 Å². The summed E-state index contributed by atoms with van der Waals surface area (Å²) in [7, 11) is 1.33. The molecule has 0 radical (unpaired) electrons. The Labute approximate surface area is 150 Å². The second-order valence-corrected chi connectivity index (χ2v) is 5.23. The largest absolute Gasteiger partial charge is 0.465 e. The molecule has 0 aliphatic heterocycles. The molecule has 3 rings (SSSR count). The smallest absolute Gasteiger partial charge is 0.339 e. The van der Waals surface area contributed by atoms with Gasteiger partial charge in [0.05, 0.1) is 29.6 Å². The monoisotopic (exact) mass is 345 g/mol. The van der Waals surface area contributed by atoms with Gasteiger partial charge in [-0.15, -0.1) is 0 Å². The van der Waals surface area contributed by atoms with Gasteiger partial charge in [0.25, 0.3) is 0 Å². The fourth-order valence-electron chi connectivity index (χ4n) is 2.34. The summed E-state index contributed by atoms with van der Waals surface area (Å²) in [6, 6.07) is 17.9. The number of esters is 1. The highest BCUT2D eigenvalue weighted by Crippen LogP contribution is 2.23. The summed E-state index contributed by atoms with van der Waals surface area (Å²) in [5, 5.41) is 15.4. The number of para-hydroxylation sites is 2. The van der Waals surface area contributed by atoms with Gasteiger partial charge in [-0.25, -0.2) is 14.8 Å². The van der Waals surface area contributed by atoms with Gasteiger partial charge in [0.2, 0.25) is 0 Å². The molecule has 0 bridgehead atoms. The molecule has 0 spiro atoms. The molecule has 1 heterocycles. The molecule has 2 aromatic carbocycles. The van der Waals surface area contributed by atoms with Crippen molar-refractivity contribution in [3.63, 3.8) is 0 Å². The molecule has 0 amide bonds. The first-order chi connectivity index (χ1) is 12.7. The summed E-state index contributed by atoms with van der Waals surface area (Å²) in [6.07, 6.45) is 1.39. The third kappa shape index (κ3) is 3.76. The minimum atomic E-state index is -0.441. The molecule has 0 aliphatic rings. The van der Waals surface area contributed by atoms with E-state index in [4.69, 9.17) is 4.74 Å². The first kappa shape index (κ1) is 16.9. The summed E-state index contributed by atoms with van der Waals surface area (Å²) in [5.74, 6) is 0.567. The Morgan fingerprint density at radius 3 is 2.31 bits per heavy atom. The Morgan fingerprint density at radius 1 is 1.00 bits per heavy atom. The zero-order valence-electron chi connectivity index (χ0n) is 13.9. The average molecular weight is 345 g/mol. The second-order valence-electron chi connectivity index (χ2n) is 5.23. The van der Waals surface area contributed by atoms with Gasteiger partial charge in [0, 0.05) is 6.07 Å². The summed E-state index contributed by atoms with van der Waals surface area (Å²) < 4.78 is 4.79. The van der Waals surface area contributed by atoms with Gasteiger partial charge in [-0.1, -0.05) is 24.3 Å². The van der Waals surface area contributed by atoms with E-state index in [0.29, 0.717) is 34.1 Å². The van der Waals surface area contributed by atoms with Crippen LogP contribution in [-0.4, -0.2) is 23.0 Å². The molecular formula is C19H15N5O2. The number of aromatic nitrogens is 2. The van der Waals surface area contributed by atoms with Crippen LogP contribution in [0.1, 0.15) is 15.9 Å². The molecule has 0 fully saturated rings. The number of nitrogens with one attached hydrogen (secondary N) is 2. The third-order valence-electron chi connectivity index (χ3n) is 3.57. The SMILES string of the molecule is COC(=O)c1ccccc1Nc1cc(Nc2ccccc2C#N)ncn1. The number of carbonyl (C=O) groups is 1. The lowest BCUT2D eigenvalue weighted by atomic mass is 10.2. The van der Waals surface area contributed by atoms with E-state index in [1.807, 2.05) is 6.07 Å². The number of rotatable bonds is 5. The predicted molar refractivity (Wildman–Crippen MR) is 97.5 cm³/mol. The Hall–Kier alpha value is -3.92. The average Bonchev–Trinajstić information content (AvgIpc) is 2.68. The van der Waals surface area contributed by atoms with Gasteiger partial charge in [-0.2, -0.15) is 5.26 Å². The minimum absolute atomic E-state index is 0.401. The topological polar surface area (TPSA) is 99.9 Å². The Kier molecular flexibility index (Phi) is 5.05. The molecule has 7 heteroatoms. The normalized spacial score (nSPS) is 9.85. The molecule has 0 aliphatic carbocycles. The van der Waals surface area contributed by atoms with Crippen molar-refractivity contribution in [2.45, 2.75) is 0 Å². The van der Waals surface area contributed by atoms with Crippen LogP contribution >= 0.6 is 0 Å². The van der Waals surface area contributed by atoms with Crippen LogP contribution in [0.3, 0.4) is 0 Å². The molecule has 0 unspecified atom stereocenters. The fraction of sp³-hybridized carbons (Fsp3) is 0.0526. The van der Waals surface area contributed by atoms with Crippen LogP contribution in [0.2, 0.25) is 0 Å². The molecule has 26 heavy (non-hydrogen) atoms. The molecule has 2 N–H and O–H groups in total. The maximum Gasteiger partial charge on any atom is 0.339 e. The van der Waals surface area contributed by atoms with Gasteiger partial charge in [0.15, 0.2) is 0 Å². The van der Waals surface area contributed by atoms with Crippen molar-refractivity contribution in [2.75, 3.05) is 17.7 Å². The third-order valence-corrected chi connectivity index (χ3v) is 3.57. The van der Waals surface area contributed by atoms with Crippen LogP contribution in [0, 0.1) is 11.3 Å². The number of nitriles is 1. The number of ether oxygens (including phenoxy) is 1. The van der Waals surface area contributed by atoms with Crippen LogP contribution in [0.4, 0.5) is 23.0 Å². The molecular weight excluding hydrogens is 330 g/mol. The van der Waals surface area contributed by atoms with Crippen molar-refractivity contribution in [3.8, 4) is 6.07 Å². The Morgan fingerprint density at radius 2 is 1.62 bits per heavy atom. The Balaban J connectivity index is 1.85. The molecule has 7 nitrogen and oxygen atoms in total. The van der Waals surface area contributed by atoms with Gasteiger partial charge in [-0.3, -0.25) is 0 Å². The second kappa shape index (κ2) is 7.77. The van der Waals surface area contributed by atoms with E-state index in [0.717, 1.165) is 0 Å². The Bertz CT molecular complexity index is 981. The lowest BCUT2D eigenvalue weighted by Crippen LogP contribution is -2.06. The van der Waals surface area contributed by atoms with Gasteiger partial charge in [-0.05, 0) is 24.3 Å². The van der Waals surface area contributed by atoms with E-state index < -0.39 is 5.97 Å². The van der Waals surface area contributed by atoms with Crippen molar-refractivity contribution in [1.82, 2.24) is 9.97 Å². The summed E-state index contributed by atoms with van der Waals surface area (Å²) >= 11 is 0. The zero-order valence-corrected chi connectivity index (χ0v) is 13.9. The first-order valence-electron chi connectivity index (χ1n) is 7.74. The highest BCUT2D eigenvalue weighted by Gasteiger charge is 2.12. The summed E-state index contributed by atoms with van der Waals surface area (Å²) in [4.78, 5) is 20.2. The summed E-state index contributed by atoms with van der Waals surface area (Å²) in [5.41, 5.74) is 2.13. The standard InChI is InChI=1S/C19H15N5O2/c1-26-19(25)14-7-3-5-9-16(14)24-18-10-17(21-12-22-18)23-15-8-4-2-6-13(15)11-20/h2-10,12H,1H3,(H2,21,22,23,24). The van der Waals surface area contributed by atoms with Crippen LogP contribution in [0.25, 0.3) is 0 Å². The van der Waals surface area contributed by atoms with E-state index in [-0.39, 0.29) is 0 Å². The highest BCUT2D eigenvalue weighted by molar-refractivity contribution is 5.96. The van der Waals surface area contributed by atoms with Crippen molar-refractivity contribution in [1.29, 1.82) is 5.26 Å². The van der Waals surface area contributed by atoms with Gasteiger partial charge in [0.1, 0.15) is 24.0 Å². The van der Waals surface area contributed by atoms with E-state index >= 15 is 0 Å². The number of hydrogen-bond donors (Lipinski definition) is 2. The summed E-state index contributed by atoms with van der Waals surface area (Å²) in [6.45, 7) is 0. The number of anilines is 4. The lowest BCUT2D eigenvalue weighted by Gasteiger charge is -2.11. The number of nitrogens with zero attached hydrogens (tertiary/aromatic N) is 3. The zero-order chi connectivity index (χ0) is 18.4. The maximum absolute atomic E-state index is 11.9. The van der Waals surface area contributed by atoms with Crippen LogP contribution in [0.5, 0.6) is 0 Å². The van der Waals surface area contributed by atoms with Crippen molar-refractivity contribution < 1.29 is 9.53 Å². The minimum Gasteiger partial charge on any atom is -0.465 e. The molecule has 1 aromatic heterocycles. The number of methoxy groups -OCH3 is 1. The first-order valence-corrected chi connectivity index (χ1v) is 7.74. The number of benzene rings is 2. The fourth-order valence-corrected chi connectivity index (χ4v) is 2.34. The molecule has 0 saturated heterocycles. The molecule has 3 aromatic rings. The van der Waals surface area contributed by atoms with Crippen molar-refractivity contribution in [2.24, 2.45) is 0 Å². The molecule has 0 saturated carbocycles. The van der Waals surface area contributed by atoms with Crippen molar-refractivity contribution >= 4 is 29.0 Å².